The van der Waals surface area contributed by atoms with Gasteiger partial charge in [-0.05, 0) is 0 Å². The Balaban J connectivity index is -0.000000337. The molecule has 0 aliphatic rings. The molecule has 0 radical (unpaired) electrons. The Hall–Kier alpha value is 0.832. The second kappa shape index (κ2) is 16.8. The van der Waals surface area contributed by atoms with Crippen LogP contribution in [0.1, 0.15) is 0 Å². The molecule has 0 aromatic rings. The van der Waals surface area contributed by atoms with Gasteiger partial charge in [0.2, 0.25) is 0 Å². The van der Waals surface area contributed by atoms with E-state index in [9.17, 15) is 0 Å². The van der Waals surface area contributed by atoms with E-state index in [1.807, 2.05) is 0 Å². The molecular weight excluding hydrogens is 317 g/mol. The Labute approximate surface area is 115 Å². The summed E-state index contributed by atoms with van der Waals surface area (Å²) in [5, 5.41) is 52.2. The van der Waals surface area contributed by atoms with Gasteiger partial charge in [-0.25, -0.2) is 0 Å². The van der Waals surface area contributed by atoms with Crippen LogP contribution >= 0.6 is 20.1 Å². The zero-order valence-corrected chi connectivity index (χ0v) is 11.9. The molecule has 1 unspecified atom stereocenters. The molecule has 4 atom stereocenters. The SMILES string of the molecule is C[NH-].OCC(O)[C@H](O)[C@H](O)[C@H](O)CO.[Cl][Cr+][Cl]. The Morgan fingerprint density at radius 3 is 1.18 bits per heavy atom. The van der Waals surface area contributed by atoms with Gasteiger partial charge in [-0.15, -0.1) is 0 Å². The summed E-state index contributed by atoms with van der Waals surface area (Å²) in [4.78, 5) is 0. The van der Waals surface area contributed by atoms with Gasteiger partial charge in [0.1, 0.15) is 24.4 Å². The van der Waals surface area contributed by atoms with Crippen molar-refractivity contribution in [3.8, 4) is 0 Å². The van der Waals surface area contributed by atoms with Crippen molar-refractivity contribution in [3.05, 3.63) is 5.73 Å². The summed E-state index contributed by atoms with van der Waals surface area (Å²) in [5.74, 6) is 0. The molecule has 0 saturated carbocycles. The van der Waals surface area contributed by atoms with Crippen LogP contribution in [0.15, 0.2) is 0 Å². The van der Waals surface area contributed by atoms with Gasteiger partial charge in [0.25, 0.3) is 0 Å². The van der Waals surface area contributed by atoms with Crippen molar-refractivity contribution in [3.63, 3.8) is 0 Å². The summed E-state index contributed by atoms with van der Waals surface area (Å²) >= 11 is -0.181. The molecule has 0 fully saturated rings. The minimum atomic E-state index is -1.67. The summed E-state index contributed by atoms with van der Waals surface area (Å²) < 4.78 is 0. The van der Waals surface area contributed by atoms with Crippen LogP contribution in [0.2, 0.25) is 0 Å². The standard InChI is InChI=1S/C6H14O6.CH4N.2ClH.Cr/c7-1-3(9)5(11)6(12)4(10)2-8;1-2;;;/h3-12H,1-2H2;2H,1H3;2*1H;/q;-1;;;+3/p-2/t3-,4?,5-,6+;;;;/m1..../s1. The molecule has 0 spiro atoms. The summed E-state index contributed by atoms with van der Waals surface area (Å²) in [6.07, 6.45) is -6.39. The minimum absolute atomic E-state index is 0.181. The van der Waals surface area contributed by atoms with Crippen molar-refractivity contribution < 1.29 is 44.0 Å². The van der Waals surface area contributed by atoms with E-state index in [0.29, 0.717) is 0 Å². The fourth-order valence-corrected chi connectivity index (χ4v) is 0.671. The summed E-state index contributed by atoms with van der Waals surface area (Å²) in [5.41, 5.74) is 5.75. The number of aliphatic hydroxyl groups is 6. The van der Waals surface area contributed by atoms with Crippen LogP contribution in [0.3, 0.4) is 0 Å². The first-order chi connectivity index (χ1) is 7.95. The first-order valence-electron chi connectivity index (χ1n) is 4.29. The molecule has 0 aromatic heterocycles. The monoisotopic (exact) mass is 334 g/mol. The average molecular weight is 335 g/mol. The van der Waals surface area contributed by atoms with Crippen molar-refractivity contribution in [2.45, 2.75) is 24.4 Å². The Kier molecular flexibility index (Phi) is 22.7. The first-order valence-corrected chi connectivity index (χ1v) is 7.80. The van der Waals surface area contributed by atoms with Gasteiger partial charge in [0, 0.05) is 0 Å². The summed E-state index contributed by atoms with van der Waals surface area (Å²) in [6.45, 7) is -1.45. The third kappa shape index (κ3) is 13.1. The molecule has 0 aliphatic heterocycles. The van der Waals surface area contributed by atoms with E-state index in [1.54, 1.807) is 0 Å². The average Bonchev–Trinajstić information content (AvgIpc) is 2.38. The molecule has 107 valence electrons. The van der Waals surface area contributed by atoms with Gasteiger partial charge in [-0.1, -0.05) is 0 Å². The van der Waals surface area contributed by atoms with Crippen LogP contribution in [-0.4, -0.2) is 75.3 Å². The Morgan fingerprint density at radius 2 is 1.06 bits per heavy atom. The number of nitrogens with one attached hydrogen (secondary N) is 1. The predicted octanol–water partition coefficient (Wildman–Crippen LogP) is -1.54. The number of hydrogen-bond donors (Lipinski definition) is 6. The van der Waals surface area contributed by atoms with Crippen LogP contribution in [0.4, 0.5) is 0 Å². The van der Waals surface area contributed by atoms with Crippen molar-refractivity contribution in [1.29, 1.82) is 0 Å². The number of hydrogen-bond acceptors (Lipinski definition) is 6. The van der Waals surface area contributed by atoms with Crippen molar-refractivity contribution in [2.24, 2.45) is 0 Å². The van der Waals surface area contributed by atoms with Gasteiger partial charge in [-0.2, -0.15) is 7.05 Å². The van der Waals surface area contributed by atoms with E-state index in [-0.39, 0.29) is 13.4 Å². The second-order valence-corrected chi connectivity index (χ2v) is 4.65. The van der Waals surface area contributed by atoms with Gasteiger partial charge in [0.15, 0.2) is 0 Å². The van der Waals surface area contributed by atoms with E-state index in [4.69, 9.17) is 56.5 Å². The van der Waals surface area contributed by atoms with E-state index in [0.717, 1.165) is 0 Å². The molecule has 0 heterocycles. The van der Waals surface area contributed by atoms with E-state index < -0.39 is 37.6 Å². The third-order valence-electron chi connectivity index (χ3n) is 1.51. The maximum absolute atomic E-state index is 8.96. The van der Waals surface area contributed by atoms with Crippen molar-refractivity contribution in [1.82, 2.24) is 0 Å². The fourth-order valence-electron chi connectivity index (χ4n) is 0.671. The third-order valence-corrected chi connectivity index (χ3v) is 1.51. The van der Waals surface area contributed by atoms with E-state index >= 15 is 0 Å². The second-order valence-electron chi connectivity index (χ2n) is 2.54. The molecule has 0 bridgehead atoms. The maximum atomic E-state index is 8.96. The molecule has 0 aliphatic carbocycles. The van der Waals surface area contributed by atoms with Crippen LogP contribution in [0, 0.1) is 0 Å². The molecule has 7 N–H and O–H groups in total. The Bertz CT molecular complexity index is 136. The summed E-state index contributed by atoms with van der Waals surface area (Å²) in [7, 11) is 10.9. The molecular formula is C7H18Cl2CrNO6. The molecule has 0 rings (SSSR count). The molecule has 17 heavy (non-hydrogen) atoms. The fraction of sp³-hybridized carbons (Fsp3) is 1.00. The van der Waals surface area contributed by atoms with E-state index in [1.165, 1.54) is 7.05 Å². The number of aliphatic hydroxyl groups excluding tert-OH is 6. The van der Waals surface area contributed by atoms with Crippen LogP contribution in [0.25, 0.3) is 5.73 Å². The number of rotatable bonds is 5. The zero-order chi connectivity index (χ0) is 14.4. The normalized spacial score (nSPS) is 16.4. The summed E-state index contributed by atoms with van der Waals surface area (Å²) in [6, 6.07) is 0. The molecule has 10 heteroatoms. The molecule has 7 nitrogen and oxygen atoms in total. The quantitative estimate of drug-likeness (QED) is 0.359. The predicted molar refractivity (Wildman–Crippen MR) is 60.2 cm³/mol. The van der Waals surface area contributed by atoms with E-state index in [2.05, 4.69) is 0 Å². The van der Waals surface area contributed by atoms with Gasteiger partial charge in [0.05, 0.1) is 13.2 Å². The van der Waals surface area contributed by atoms with Crippen LogP contribution in [0.5, 0.6) is 0 Å². The van der Waals surface area contributed by atoms with Crippen molar-refractivity contribution in [2.75, 3.05) is 20.3 Å². The topological polar surface area (TPSA) is 145 Å². The number of halogens is 2. The van der Waals surface area contributed by atoms with Crippen LogP contribution < -0.4 is 0 Å². The van der Waals surface area contributed by atoms with Gasteiger partial charge in [-0.3, -0.25) is 0 Å². The molecule has 0 amide bonds. The Morgan fingerprint density at radius 1 is 0.882 bits per heavy atom. The molecule has 0 saturated heterocycles. The molecule has 0 aromatic carbocycles. The van der Waals surface area contributed by atoms with Gasteiger partial charge < -0.3 is 36.4 Å². The first kappa shape index (κ1) is 23.0. The van der Waals surface area contributed by atoms with Gasteiger partial charge >= 0.3 is 33.5 Å². The van der Waals surface area contributed by atoms with Crippen molar-refractivity contribution >= 4 is 20.1 Å². The zero-order valence-electron chi connectivity index (χ0n) is 9.07. The van der Waals surface area contributed by atoms with Crippen LogP contribution in [-0.2, 0) is 13.4 Å².